The largest absolute Gasteiger partial charge is 0.479 e. The fraction of sp³-hybridized carbons (Fsp3) is 0.364. The van der Waals surface area contributed by atoms with Gasteiger partial charge in [-0.3, -0.25) is 4.84 Å². The Morgan fingerprint density at radius 1 is 1.47 bits per heavy atom. The van der Waals surface area contributed by atoms with Crippen LogP contribution in [0.4, 0.5) is 0 Å². The molecule has 1 aliphatic heterocycles. The third-order valence-corrected chi connectivity index (χ3v) is 2.63. The van der Waals surface area contributed by atoms with Crippen molar-refractivity contribution in [3.05, 3.63) is 35.9 Å². The van der Waals surface area contributed by atoms with Gasteiger partial charge in [-0.2, -0.15) is 5.06 Å². The number of hydroxylamine groups is 2. The number of carbonyl (C=O) groups is 1. The van der Waals surface area contributed by atoms with E-state index in [1.807, 2.05) is 30.3 Å². The van der Waals surface area contributed by atoms with Gasteiger partial charge in [0.25, 0.3) is 0 Å². The highest BCUT2D eigenvalue weighted by molar-refractivity contribution is 5.72. The lowest BCUT2D eigenvalue weighted by atomic mass is 10.0. The summed E-state index contributed by atoms with van der Waals surface area (Å²) in [5.41, 5.74) is 1.09. The van der Waals surface area contributed by atoms with Gasteiger partial charge in [0.2, 0.25) is 0 Å². The van der Waals surface area contributed by atoms with Crippen LogP contribution in [0.2, 0.25) is 0 Å². The van der Waals surface area contributed by atoms with Crippen LogP contribution >= 0.6 is 0 Å². The van der Waals surface area contributed by atoms with Crippen LogP contribution in [0, 0.1) is 0 Å². The molecular formula is C11H13NO3. The van der Waals surface area contributed by atoms with Crippen LogP contribution in [0.1, 0.15) is 18.0 Å². The first-order valence-electron chi connectivity index (χ1n) is 4.86. The second-order valence-corrected chi connectivity index (χ2v) is 3.64. The van der Waals surface area contributed by atoms with Crippen molar-refractivity contribution in [2.45, 2.75) is 18.6 Å². The molecule has 0 unspecified atom stereocenters. The van der Waals surface area contributed by atoms with Crippen molar-refractivity contribution in [1.29, 1.82) is 0 Å². The molecule has 15 heavy (non-hydrogen) atoms. The normalized spacial score (nSPS) is 26.7. The molecule has 0 radical (unpaired) electrons. The molecule has 1 saturated heterocycles. The molecule has 0 saturated carbocycles. The Labute approximate surface area is 88.0 Å². The topological polar surface area (TPSA) is 49.8 Å². The zero-order valence-corrected chi connectivity index (χ0v) is 8.46. The second-order valence-electron chi connectivity index (χ2n) is 3.64. The molecule has 2 rings (SSSR count). The molecule has 0 spiro atoms. The van der Waals surface area contributed by atoms with Gasteiger partial charge in [-0.1, -0.05) is 30.3 Å². The highest BCUT2D eigenvalue weighted by atomic mass is 16.7. The molecule has 4 nitrogen and oxygen atoms in total. The molecule has 80 valence electrons. The Kier molecular flexibility index (Phi) is 2.70. The molecule has 4 heteroatoms. The molecule has 0 amide bonds. The van der Waals surface area contributed by atoms with Crippen LogP contribution in [-0.2, 0) is 9.63 Å². The first-order chi connectivity index (χ1) is 7.18. The van der Waals surface area contributed by atoms with Gasteiger partial charge in [0.1, 0.15) is 0 Å². The van der Waals surface area contributed by atoms with E-state index in [1.165, 1.54) is 0 Å². The Morgan fingerprint density at radius 2 is 2.13 bits per heavy atom. The summed E-state index contributed by atoms with van der Waals surface area (Å²) < 4.78 is 0. The fourth-order valence-corrected chi connectivity index (χ4v) is 1.84. The summed E-state index contributed by atoms with van der Waals surface area (Å²) >= 11 is 0. The van der Waals surface area contributed by atoms with Crippen molar-refractivity contribution in [2.24, 2.45) is 0 Å². The highest BCUT2D eigenvalue weighted by Crippen LogP contribution is 2.32. The van der Waals surface area contributed by atoms with E-state index < -0.39 is 12.1 Å². The molecule has 1 fully saturated rings. The van der Waals surface area contributed by atoms with Gasteiger partial charge in [0, 0.05) is 13.5 Å². The third-order valence-electron chi connectivity index (χ3n) is 2.63. The number of nitrogens with zero attached hydrogens (tertiary/aromatic N) is 1. The SMILES string of the molecule is CN1O[C@H](C(=O)O)C[C@H]1c1ccccc1. The van der Waals surface area contributed by atoms with Crippen molar-refractivity contribution < 1.29 is 14.7 Å². The maximum Gasteiger partial charge on any atom is 0.335 e. The molecule has 0 aromatic heterocycles. The molecule has 1 aromatic carbocycles. The summed E-state index contributed by atoms with van der Waals surface area (Å²) in [6, 6.07) is 9.82. The number of carboxylic acids is 1. The van der Waals surface area contributed by atoms with Gasteiger partial charge in [-0.25, -0.2) is 4.79 Å². The van der Waals surface area contributed by atoms with Crippen molar-refractivity contribution in [3.8, 4) is 0 Å². The quantitative estimate of drug-likeness (QED) is 0.797. The van der Waals surface area contributed by atoms with E-state index in [1.54, 1.807) is 12.1 Å². The van der Waals surface area contributed by atoms with E-state index in [9.17, 15) is 4.79 Å². The lowest BCUT2D eigenvalue weighted by Gasteiger charge is -2.17. The number of hydrogen-bond acceptors (Lipinski definition) is 3. The maximum atomic E-state index is 10.8. The van der Waals surface area contributed by atoms with E-state index in [2.05, 4.69) is 0 Å². The van der Waals surface area contributed by atoms with Gasteiger partial charge in [0.15, 0.2) is 6.10 Å². The smallest absolute Gasteiger partial charge is 0.335 e. The average Bonchev–Trinajstić information content (AvgIpc) is 2.62. The molecule has 1 N–H and O–H groups in total. The number of aliphatic carboxylic acids is 1. The fourth-order valence-electron chi connectivity index (χ4n) is 1.84. The van der Waals surface area contributed by atoms with Crippen molar-refractivity contribution in [1.82, 2.24) is 5.06 Å². The Balaban J connectivity index is 2.15. The first kappa shape index (κ1) is 10.1. The van der Waals surface area contributed by atoms with Gasteiger partial charge in [0.05, 0.1) is 6.04 Å². The monoisotopic (exact) mass is 207 g/mol. The summed E-state index contributed by atoms with van der Waals surface area (Å²) in [5.74, 6) is -0.903. The molecular weight excluding hydrogens is 194 g/mol. The molecule has 1 heterocycles. The summed E-state index contributed by atoms with van der Waals surface area (Å²) in [6.07, 6.45) is -0.226. The summed E-state index contributed by atoms with van der Waals surface area (Å²) in [7, 11) is 1.76. The molecule has 0 aliphatic carbocycles. The predicted molar refractivity (Wildman–Crippen MR) is 54.1 cm³/mol. The summed E-state index contributed by atoms with van der Waals surface area (Å²) in [6.45, 7) is 0. The maximum absolute atomic E-state index is 10.8. The van der Waals surface area contributed by atoms with E-state index in [0.717, 1.165) is 5.56 Å². The Morgan fingerprint density at radius 3 is 2.67 bits per heavy atom. The minimum atomic E-state index is -0.903. The first-order valence-corrected chi connectivity index (χ1v) is 4.86. The van der Waals surface area contributed by atoms with Crippen LogP contribution in [0.3, 0.4) is 0 Å². The van der Waals surface area contributed by atoms with Crippen LogP contribution in [0.15, 0.2) is 30.3 Å². The Bertz CT molecular complexity index is 352. The molecule has 2 atom stereocenters. The van der Waals surface area contributed by atoms with Crippen LogP contribution < -0.4 is 0 Å². The second kappa shape index (κ2) is 4.00. The zero-order chi connectivity index (χ0) is 10.8. The number of hydrogen-bond donors (Lipinski definition) is 1. The van der Waals surface area contributed by atoms with Crippen molar-refractivity contribution in [3.63, 3.8) is 0 Å². The van der Waals surface area contributed by atoms with E-state index in [-0.39, 0.29) is 6.04 Å². The summed E-state index contributed by atoms with van der Waals surface area (Å²) in [5, 5.41) is 10.5. The highest BCUT2D eigenvalue weighted by Gasteiger charge is 2.36. The van der Waals surface area contributed by atoms with Crippen LogP contribution in [0.25, 0.3) is 0 Å². The lowest BCUT2D eigenvalue weighted by molar-refractivity contribution is -0.176. The Hall–Kier alpha value is -1.39. The minimum Gasteiger partial charge on any atom is -0.479 e. The zero-order valence-electron chi connectivity index (χ0n) is 8.46. The van der Waals surface area contributed by atoms with Crippen molar-refractivity contribution >= 4 is 5.97 Å². The van der Waals surface area contributed by atoms with E-state index in [4.69, 9.17) is 9.94 Å². The molecule has 1 aliphatic rings. The number of carboxylic acid groups (broad SMARTS) is 1. The van der Waals surface area contributed by atoms with E-state index in [0.29, 0.717) is 6.42 Å². The van der Waals surface area contributed by atoms with Gasteiger partial charge >= 0.3 is 5.97 Å². The minimum absolute atomic E-state index is 0.0345. The van der Waals surface area contributed by atoms with Gasteiger partial charge < -0.3 is 5.11 Å². The predicted octanol–water partition coefficient (Wildman–Crippen LogP) is 1.45. The standard InChI is InChI=1S/C11H13NO3/c1-12-9(7-10(15-12)11(13)14)8-5-3-2-4-6-8/h2-6,9-10H,7H2,1H3,(H,13,14)/t9-,10-/m0/s1. The number of benzene rings is 1. The average molecular weight is 207 g/mol. The van der Waals surface area contributed by atoms with Crippen LogP contribution in [0.5, 0.6) is 0 Å². The third kappa shape index (κ3) is 2.00. The molecule has 0 bridgehead atoms. The van der Waals surface area contributed by atoms with Crippen LogP contribution in [-0.4, -0.2) is 29.3 Å². The van der Waals surface area contributed by atoms with Gasteiger partial charge in [-0.15, -0.1) is 0 Å². The van der Waals surface area contributed by atoms with E-state index >= 15 is 0 Å². The number of rotatable bonds is 2. The molecule has 1 aromatic rings. The van der Waals surface area contributed by atoms with Crippen molar-refractivity contribution in [2.75, 3.05) is 7.05 Å². The lowest BCUT2D eigenvalue weighted by Crippen LogP contribution is -2.21. The summed E-state index contributed by atoms with van der Waals surface area (Å²) in [4.78, 5) is 16.0. The van der Waals surface area contributed by atoms with Gasteiger partial charge in [-0.05, 0) is 5.56 Å².